The summed E-state index contributed by atoms with van der Waals surface area (Å²) in [7, 11) is 0. The number of anilines is 2. The first kappa shape index (κ1) is 22.1. The average molecular weight is 467 g/mol. The average Bonchev–Trinajstić information content (AvgIpc) is 3.42. The summed E-state index contributed by atoms with van der Waals surface area (Å²) in [6.07, 6.45) is 7.92. The molecule has 1 aromatic heterocycles. The Morgan fingerprint density at radius 2 is 2.03 bits per heavy atom. The van der Waals surface area contributed by atoms with E-state index in [2.05, 4.69) is 21.6 Å². The molecule has 1 saturated carbocycles. The number of fused-ring (bicyclic) bond motifs is 2. The second kappa shape index (κ2) is 10.1. The minimum absolute atomic E-state index is 0.0401. The van der Waals surface area contributed by atoms with Crippen molar-refractivity contribution in [3.63, 3.8) is 0 Å². The largest absolute Gasteiger partial charge is 0.369 e. The van der Waals surface area contributed by atoms with Gasteiger partial charge in [0.1, 0.15) is 11.9 Å². The highest BCUT2D eigenvalue weighted by molar-refractivity contribution is 7.22. The number of hydrogen-bond acceptors (Lipinski definition) is 5. The Morgan fingerprint density at radius 1 is 1.18 bits per heavy atom. The van der Waals surface area contributed by atoms with E-state index in [0.29, 0.717) is 12.5 Å². The predicted octanol–water partition coefficient (Wildman–Crippen LogP) is 5.37. The molecule has 0 unspecified atom stereocenters. The Bertz CT molecular complexity index is 1080. The van der Waals surface area contributed by atoms with Crippen LogP contribution in [-0.2, 0) is 11.2 Å². The molecule has 3 aromatic rings. The van der Waals surface area contributed by atoms with Crippen LogP contribution in [0, 0.1) is 11.7 Å². The van der Waals surface area contributed by atoms with Gasteiger partial charge in [0.15, 0.2) is 5.13 Å². The number of thiazole rings is 1. The lowest BCUT2D eigenvalue weighted by atomic mass is 9.84. The third-order valence-electron chi connectivity index (χ3n) is 6.92. The number of nitrogens with one attached hydrogen (secondary N) is 2. The van der Waals surface area contributed by atoms with E-state index in [1.54, 1.807) is 17.4 Å². The Labute approximate surface area is 198 Å². The van der Waals surface area contributed by atoms with Crippen LogP contribution in [0.2, 0.25) is 0 Å². The van der Waals surface area contributed by atoms with Gasteiger partial charge in [-0.2, -0.15) is 0 Å². The second-order valence-corrected chi connectivity index (χ2v) is 10.3. The normalized spacial score (nSPS) is 17.2. The number of rotatable bonds is 8. The van der Waals surface area contributed by atoms with E-state index in [9.17, 15) is 9.18 Å². The third-order valence-corrected chi connectivity index (χ3v) is 7.88. The van der Waals surface area contributed by atoms with Crippen molar-refractivity contribution in [2.45, 2.75) is 51.0 Å². The fourth-order valence-electron chi connectivity index (χ4n) is 5.18. The smallest absolute Gasteiger partial charge is 0.242 e. The zero-order valence-electron chi connectivity index (χ0n) is 18.9. The lowest BCUT2D eigenvalue weighted by Gasteiger charge is -2.27. The van der Waals surface area contributed by atoms with Gasteiger partial charge in [-0.05, 0) is 54.7 Å². The highest BCUT2D eigenvalue weighted by Gasteiger charge is 2.26. The van der Waals surface area contributed by atoms with Crippen molar-refractivity contribution in [1.82, 2.24) is 10.3 Å². The van der Waals surface area contributed by atoms with Gasteiger partial charge >= 0.3 is 0 Å². The van der Waals surface area contributed by atoms with Gasteiger partial charge in [-0.3, -0.25) is 4.79 Å². The summed E-state index contributed by atoms with van der Waals surface area (Å²) in [6, 6.07) is 12.8. The van der Waals surface area contributed by atoms with Crippen LogP contribution in [0.25, 0.3) is 10.2 Å². The van der Waals surface area contributed by atoms with E-state index < -0.39 is 0 Å². The fraction of sp³-hybridized carbons (Fsp3) is 0.462. The number of halogens is 1. The van der Waals surface area contributed by atoms with Crippen LogP contribution in [0.15, 0.2) is 42.5 Å². The molecule has 33 heavy (non-hydrogen) atoms. The molecule has 1 aliphatic heterocycles. The monoisotopic (exact) mass is 466 g/mol. The molecule has 5 rings (SSSR count). The lowest BCUT2D eigenvalue weighted by molar-refractivity contribution is -0.122. The van der Waals surface area contributed by atoms with Crippen LogP contribution in [0.4, 0.5) is 15.2 Å². The van der Waals surface area contributed by atoms with Gasteiger partial charge in [0, 0.05) is 25.3 Å². The molecule has 174 valence electrons. The summed E-state index contributed by atoms with van der Waals surface area (Å²) in [4.78, 5) is 20.2. The van der Waals surface area contributed by atoms with E-state index in [-0.39, 0.29) is 17.8 Å². The lowest BCUT2D eigenvalue weighted by Crippen LogP contribution is -2.43. The maximum absolute atomic E-state index is 13.5. The van der Waals surface area contributed by atoms with Gasteiger partial charge in [-0.15, -0.1) is 0 Å². The second-order valence-electron chi connectivity index (χ2n) is 9.22. The molecule has 0 spiro atoms. The quantitative estimate of drug-likeness (QED) is 0.469. The van der Waals surface area contributed by atoms with Crippen molar-refractivity contribution in [2.75, 3.05) is 29.9 Å². The summed E-state index contributed by atoms with van der Waals surface area (Å²) < 4.78 is 14.6. The number of amides is 1. The van der Waals surface area contributed by atoms with Crippen molar-refractivity contribution in [3.8, 4) is 0 Å². The number of hydrogen-bond donors (Lipinski definition) is 2. The topological polar surface area (TPSA) is 57.3 Å². The first-order valence-electron chi connectivity index (χ1n) is 12.1. The van der Waals surface area contributed by atoms with Gasteiger partial charge < -0.3 is 15.5 Å². The van der Waals surface area contributed by atoms with E-state index in [4.69, 9.17) is 4.98 Å². The van der Waals surface area contributed by atoms with Crippen molar-refractivity contribution in [1.29, 1.82) is 0 Å². The highest BCUT2D eigenvalue weighted by atomic mass is 32.1. The van der Waals surface area contributed by atoms with Crippen molar-refractivity contribution < 1.29 is 9.18 Å². The number of para-hydroxylation sites is 1. The number of aromatic nitrogens is 1. The minimum Gasteiger partial charge on any atom is -0.369 e. The van der Waals surface area contributed by atoms with Gasteiger partial charge in [-0.25, -0.2) is 9.37 Å². The van der Waals surface area contributed by atoms with Crippen LogP contribution >= 0.6 is 11.3 Å². The summed E-state index contributed by atoms with van der Waals surface area (Å²) in [5.74, 6) is 0.436. The number of benzene rings is 2. The Morgan fingerprint density at radius 3 is 2.88 bits per heavy atom. The molecular formula is C26H31FN4OS. The first-order chi connectivity index (χ1) is 16.2. The van der Waals surface area contributed by atoms with Crippen molar-refractivity contribution >= 4 is 38.3 Å². The molecule has 0 radical (unpaired) electrons. The van der Waals surface area contributed by atoms with E-state index >= 15 is 0 Å². The minimum atomic E-state index is -0.284. The molecule has 1 fully saturated rings. The van der Waals surface area contributed by atoms with Crippen LogP contribution < -0.4 is 15.5 Å². The summed E-state index contributed by atoms with van der Waals surface area (Å²) in [5, 5.41) is 7.42. The molecule has 2 heterocycles. The molecule has 1 atom stereocenters. The highest BCUT2D eigenvalue weighted by Crippen LogP contribution is 2.31. The molecule has 0 bridgehead atoms. The third kappa shape index (κ3) is 5.29. The molecular weight excluding hydrogens is 435 g/mol. The molecule has 2 aromatic carbocycles. The molecule has 2 N–H and O–H groups in total. The van der Waals surface area contributed by atoms with Crippen molar-refractivity contribution in [3.05, 3.63) is 53.8 Å². The summed E-state index contributed by atoms with van der Waals surface area (Å²) in [5.41, 5.74) is 3.09. The van der Waals surface area contributed by atoms with E-state index in [1.165, 1.54) is 38.2 Å². The first-order valence-corrected chi connectivity index (χ1v) is 12.9. The molecule has 1 amide bonds. The SMILES string of the molecule is O=C(NCCN1CCc2cc(F)ccc21)[C@H](CC1CCCCC1)Nc1nc2ccccc2s1. The Hall–Kier alpha value is -2.67. The zero-order chi connectivity index (χ0) is 22.6. The summed E-state index contributed by atoms with van der Waals surface area (Å²) in [6.45, 7) is 2.16. The zero-order valence-corrected chi connectivity index (χ0v) is 19.7. The van der Waals surface area contributed by atoms with Gasteiger partial charge in [0.25, 0.3) is 0 Å². The van der Waals surface area contributed by atoms with Crippen LogP contribution in [0.3, 0.4) is 0 Å². The number of carbonyl (C=O) groups is 1. The number of nitrogens with zero attached hydrogens (tertiary/aromatic N) is 2. The summed E-state index contributed by atoms with van der Waals surface area (Å²) >= 11 is 1.60. The molecule has 0 saturated heterocycles. The van der Waals surface area contributed by atoms with Crippen LogP contribution in [0.1, 0.15) is 44.1 Å². The van der Waals surface area contributed by atoms with Gasteiger partial charge in [-0.1, -0.05) is 55.6 Å². The van der Waals surface area contributed by atoms with E-state index in [1.807, 2.05) is 24.3 Å². The number of carbonyl (C=O) groups excluding carboxylic acids is 1. The Kier molecular flexibility index (Phi) is 6.76. The molecule has 1 aliphatic carbocycles. The standard InChI is InChI=1S/C26H31FN4OS/c27-20-10-11-23-19(17-20)12-14-31(23)15-13-28-25(32)22(16-18-6-2-1-3-7-18)30-26-29-21-8-4-5-9-24(21)33-26/h4-5,8-11,17-18,22H,1-3,6-7,12-16H2,(H,28,32)(H,29,30)/t22-/m0/s1. The Balaban J connectivity index is 1.22. The fourth-order valence-corrected chi connectivity index (χ4v) is 6.10. The van der Waals surface area contributed by atoms with Gasteiger partial charge in [0.2, 0.25) is 5.91 Å². The van der Waals surface area contributed by atoms with Crippen LogP contribution in [0.5, 0.6) is 0 Å². The van der Waals surface area contributed by atoms with Crippen LogP contribution in [-0.4, -0.2) is 36.6 Å². The maximum Gasteiger partial charge on any atom is 0.242 e. The van der Waals surface area contributed by atoms with E-state index in [0.717, 1.165) is 52.5 Å². The molecule has 7 heteroatoms. The van der Waals surface area contributed by atoms with Crippen molar-refractivity contribution in [2.24, 2.45) is 5.92 Å². The molecule has 2 aliphatic rings. The van der Waals surface area contributed by atoms with Gasteiger partial charge in [0.05, 0.1) is 10.2 Å². The molecule has 5 nitrogen and oxygen atoms in total. The maximum atomic E-state index is 13.5. The predicted molar refractivity (Wildman–Crippen MR) is 134 cm³/mol.